The van der Waals surface area contributed by atoms with Gasteiger partial charge in [-0.25, -0.2) is 4.79 Å². The number of carbonyl (C=O) groups excluding carboxylic acids is 1. The van der Waals surface area contributed by atoms with Gasteiger partial charge in [-0.15, -0.1) is 11.8 Å². The Hall–Kier alpha value is -1.20. The first kappa shape index (κ1) is 13.2. The van der Waals surface area contributed by atoms with Crippen LogP contribution in [0.15, 0.2) is 29.2 Å². The van der Waals surface area contributed by atoms with Crippen LogP contribution >= 0.6 is 11.8 Å². The molecule has 2 rings (SSSR count). The molecule has 4 nitrogen and oxygen atoms in total. The summed E-state index contributed by atoms with van der Waals surface area (Å²) >= 11 is 1.89. The number of nitrogens with one attached hydrogen (secondary N) is 2. The Bertz CT molecular complexity index is 422. The number of hydrogen-bond donors (Lipinski definition) is 2. The summed E-state index contributed by atoms with van der Waals surface area (Å²) in [6.07, 6.45) is 0. The highest BCUT2D eigenvalue weighted by Gasteiger charge is 2.21. The minimum Gasteiger partial charge on any atom is -0.337 e. The van der Waals surface area contributed by atoms with Gasteiger partial charge in [0, 0.05) is 43.9 Å². The summed E-state index contributed by atoms with van der Waals surface area (Å²) in [5.74, 6) is 1.07. The van der Waals surface area contributed by atoms with Gasteiger partial charge < -0.3 is 15.5 Å². The predicted octanol–water partition coefficient (Wildman–Crippen LogP) is 1.69. The Morgan fingerprint density at radius 3 is 2.94 bits per heavy atom. The summed E-state index contributed by atoms with van der Waals surface area (Å²) in [6, 6.07) is 8.85. The fourth-order valence-electron chi connectivity index (χ4n) is 1.91. The highest BCUT2D eigenvalue weighted by molar-refractivity contribution is 7.99. The van der Waals surface area contributed by atoms with Crippen molar-refractivity contribution in [2.45, 2.75) is 10.9 Å². The molecule has 98 valence electrons. The Labute approximate surface area is 112 Å². The third-order valence-electron chi connectivity index (χ3n) is 2.90. The Morgan fingerprint density at radius 2 is 2.17 bits per heavy atom. The zero-order chi connectivity index (χ0) is 13.0. The van der Waals surface area contributed by atoms with E-state index in [1.807, 2.05) is 11.8 Å². The van der Waals surface area contributed by atoms with Gasteiger partial charge in [-0.3, -0.25) is 0 Å². The number of urea groups is 1. The zero-order valence-electron chi connectivity index (χ0n) is 10.8. The van der Waals surface area contributed by atoms with Crippen LogP contribution in [0.1, 0.15) is 11.6 Å². The van der Waals surface area contributed by atoms with Crippen molar-refractivity contribution in [3.05, 3.63) is 29.8 Å². The van der Waals surface area contributed by atoms with E-state index in [4.69, 9.17) is 0 Å². The van der Waals surface area contributed by atoms with Crippen LogP contribution in [0.3, 0.4) is 0 Å². The summed E-state index contributed by atoms with van der Waals surface area (Å²) in [6.45, 7) is 1.44. The van der Waals surface area contributed by atoms with E-state index < -0.39 is 0 Å². The van der Waals surface area contributed by atoms with Gasteiger partial charge >= 0.3 is 6.03 Å². The molecular weight excluding hydrogens is 246 g/mol. The predicted molar refractivity (Wildman–Crippen MR) is 75.0 cm³/mol. The maximum absolute atomic E-state index is 11.3. The van der Waals surface area contributed by atoms with Crippen LogP contribution in [-0.4, -0.2) is 43.9 Å². The molecule has 1 atom stereocenters. The Kier molecular flexibility index (Phi) is 4.49. The minimum absolute atomic E-state index is 0.0435. The Morgan fingerprint density at radius 1 is 1.39 bits per heavy atom. The molecule has 18 heavy (non-hydrogen) atoms. The first-order valence-electron chi connectivity index (χ1n) is 6.09. The van der Waals surface area contributed by atoms with E-state index in [0.29, 0.717) is 12.6 Å². The van der Waals surface area contributed by atoms with E-state index in [-0.39, 0.29) is 6.03 Å². The molecule has 5 heteroatoms. The molecule has 1 aliphatic heterocycles. The molecule has 0 aliphatic carbocycles. The van der Waals surface area contributed by atoms with Crippen molar-refractivity contribution in [3.63, 3.8) is 0 Å². The number of fused-ring (bicyclic) bond motifs is 1. The monoisotopic (exact) mass is 265 g/mol. The van der Waals surface area contributed by atoms with Crippen LogP contribution in [-0.2, 0) is 0 Å². The smallest absolute Gasteiger partial charge is 0.316 e. The fourth-order valence-corrected chi connectivity index (χ4v) is 3.10. The highest BCUT2D eigenvalue weighted by atomic mass is 32.2. The molecule has 1 aromatic rings. The second-order valence-corrected chi connectivity index (χ2v) is 5.54. The molecule has 0 spiro atoms. The lowest BCUT2D eigenvalue weighted by Gasteiger charge is -2.15. The van der Waals surface area contributed by atoms with Crippen LogP contribution < -0.4 is 10.6 Å². The second kappa shape index (κ2) is 6.11. The second-order valence-electron chi connectivity index (χ2n) is 4.48. The van der Waals surface area contributed by atoms with Crippen LogP contribution in [0.5, 0.6) is 0 Å². The van der Waals surface area contributed by atoms with E-state index in [2.05, 4.69) is 34.9 Å². The topological polar surface area (TPSA) is 44.4 Å². The fraction of sp³-hybridized carbons (Fsp3) is 0.462. The van der Waals surface area contributed by atoms with Crippen molar-refractivity contribution < 1.29 is 4.79 Å². The number of hydrogen-bond acceptors (Lipinski definition) is 3. The van der Waals surface area contributed by atoms with E-state index in [9.17, 15) is 4.79 Å². The van der Waals surface area contributed by atoms with Crippen LogP contribution in [0.4, 0.5) is 4.79 Å². The van der Waals surface area contributed by atoms with E-state index >= 15 is 0 Å². The summed E-state index contributed by atoms with van der Waals surface area (Å²) in [4.78, 5) is 14.2. The van der Waals surface area contributed by atoms with Gasteiger partial charge in [0.2, 0.25) is 0 Å². The largest absolute Gasteiger partial charge is 0.337 e. The van der Waals surface area contributed by atoms with E-state index in [1.165, 1.54) is 10.5 Å². The average Bonchev–Trinajstić information content (AvgIpc) is 2.77. The quantitative estimate of drug-likeness (QED) is 0.814. The summed E-state index contributed by atoms with van der Waals surface area (Å²) in [5.41, 5.74) is 1.38. The SMILES string of the molecule is CN(C)C(=O)NCCNC1CSc2ccccc21. The highest BCUT2D eigenvalue weighted by Crippen LogP contribution is 2.37. The maximum atomic E-state index is 11.3. The van der Waals surface area contributed by atoms with Gasteiger partial charge in [0.25, 0.3) is 0 Å². The molecule has 0 saturated carbocycles. The van der Waals surface area contributed by atoms with Gasteiger partial charge in [-0.1, -0.05) is 18.2 Å². The van der Waals surface area contributed by atoms with Crippen LogP contribution in [0.25, 0.3) is 0 Å². The summed E-state index contributed by atoms with van der Waals surface area (Å²) in [7, 11) is 3.49. The first-order chi connectivity index (χ1) is 8.68. The number of carbonyl (C=O) groups is 1. The normalized spacial score (nSPS) is 17.3. The number of nitrogens with zero attached hydrogens (tertiary/aromatic N) is 1. The molecule has 1 unspecified atom stereocenters. The average molecular weight is 265 g/mol. The minimum atomic E-state index is -0.0435. The molecule has 0 aromatic heterocycles. The Balaban J connectivity index is 1.74. The number of thioether (sulfide) groups is 1. The number of rotatable bonds is 4. The third kappa shape index (κ3) is 3.17. The molecule has 0 fully saturated rings. The van der Waals surface area contributed by atoms with Crippen molar-refractivity contribution in [3.8, 4) is 0 Å². The lowest BCUT2D eigenvalue weighted by Crippen LogP contribution is -2.39. The zero-order valence-corrected chi connectivity index (χ0v) is 11.6. The van der Waals surface area contributed by atoms with Gasteiger partial charge in [-0.05, 0) is 11.6 Å². The molecule has 1 heterocycles. The van der Waals surface area contributed by atoms with Gasteiger partial charge in [0.1, 0.15) is 0 Å². The van der Waals surface area contributed by atoms with Crippen LogP contribution in [0, 0.1) is 0 Å². The molecule has 0 bridgehead atoms. The molecular formula is C13H19N3OS. The maximum Gasteiger partial charge on any atom is 0.316 e. The third-order valence-corrected chi connectivity index (χ3v) is 4.08. The van der Waals surface area contributed by atoms with Crippen molar-refractivity contribution >= 4 is 17.8 Å². The summed E-state index contributed by atoms with van der Waals surface area (Å²) in [5, 5.41) is 6.33. The number of benzene rings is 1. The molecule has 0 radical (unpaired) electrons. The first-order valence-corrected chi connectivity index (χ1v) is 7.07. The number of amides is 2. The molecule has 1 aliphatic rings. The van der Waals surface area contributed by atoms with Gasteiger partial charge in [0.15, 0.2) is 0 Å². The lowest BCUT2D eigenvalue weighted by molar-refractivity contribution is 0.217. The molecule has 2 amide bonds. The van der Waals surface area contributed by atoms with Gasteiger partial charge in [-0.2, -0.15) is 0 Å². The van der Waals surface area contributed by atoms with Gasteiger partial charge in [0.05, 0.1) is 0 Å². The summed E-state index contributed by atoms with van der Waals surface area (Å²) < 4.78 is 0. The standard InChI is InChI=1S/C13H19N3OS/c1-16(2)13(17)15-8-7-14-11-9-18-12-6-4-3-5-10(11)12/h3-6,11,14H,7-9H2,1-2H3,(H,15,17). The van der Waals surface area contributed by atoms with Crippen molar-refractivity contribution in [1.82, 2.24) is 15.5 Å². The lowest BCUT2D eigenvalue weighted by atomic mass is 10.1. The van der Waals surface area contributed by atoms with E-state index in [1.54, 1.807) is 19.0 Å². The van der Waals surface area contributed by atoms with E-state index in [0.717, 1.165) is 12.3 Å². The molecule has 1 aromatic carbocycles. The van der Waals surface area contributed by atoms with Crippen molar-refractivity contribution in [2.75, 3.05) is 32.9 Å². The van der Waals surface area contributed by atoms with Crippen molar-refractivity contribution in [1.29, 1.82) is 0 Å². The molecule has 0 saturated heterocycles. The van der Waals surface area contributed by atoms with Crippen LogP contribution in [0.2, 0.25) is 0 Å². The van der Waals surface area contributed by atoms with Crippen molar-refractivity contribution in [2.24, 2.45) is 0 Å². The molecule has 2 N–H and O–H groups in total.